The summed E-state index contributed by atoms with van der Waals surface area (Å²) in [6, 6.07) is 8.89. The molecule has 2 unspecified atom stereocenters. The number of halogens is 4. The molecule has 2 aromatic carbocycles. The third-order valence-electron chi connectivity index (χ3n) is 5.36. The van der Waals surface area contributed by atoms with E-state index < -0.39 is 23.7 Å². The summed E-state index contributed by atoms with van der Waals surface area (Å²) in [5.41, 5.74) is -1.25. The van der Waals surface area contributed by atoms with E-state index in [4.69, 9.17) is 14.2 Å². The van der Waals surface area contributed by atoms with Gasteiger partial charge in [-0.2, -0.15) is 13.2 Å². The number of unbranched alkanes of at least 4 members (excludes halogenated alkanes) is 1. The van der Waals surface area contributed by atoms with Gasteiger partial charge in [-0.25, -0.2) is 4.39 Å². The van der Waals surface area contributed by atoms with Crippen molar-refractivity contribution in [2.75, 3.05) is 19.8 Å². The van der Waals surface area contributed by atoms with Gasteiger partial charge in [-0.1, -0.05) is 37.6 Å². The molecule has 0 spiro atoms. The fourth-order valence-electron chi connectivity index (χ4n) is 3.75. The lowest BCUT2D eigenvalue weighted by atomic mass is 9.92. The predicted octanol–water partition coefficient (Wildman–Crippen LogP) is 6.95. The van der Waals surface area contributed by atoms with E-state index in [1.807, 2.05) is 6.92 Å². The van der Waals surface area contributed by atoms with Crippen LogP contribution in [-0.2, 0) is 15.7 Å². The highest BCUT2D eigenvalue weighted by Gasteiger charge is 2.39. The van der Waals surface area contributed by atoms with Gasteiger partial charge in [0.2, 0.25) is 0 Å². The Bertz CT molecular complexity index is 841. The number of alkyl halides is 3. The molecule has 0 aromatic heterocycles. The van der Waals surface area contributed by atoms with Crippen LogP contribution in [0.15, 0.2) is 36.4 Å². The van der Waals surface area contributed by atoms with E-state index in [0.717, 1.165) is 12.8 Å². The van der Waals surface area contributed by atoms with Crippen molar-refractivity contribution in [1.82, 2.24) is 0 Å². The van der Waals surface area contributed by atoms with Gasteiger partial charge in [0.1, 0.15) is 11.6 Å². The van der Waals surface area contributed by atoms with Crippen molar-refractivity contribution < 1.29 is 31.8 Å². The molecule has 3 rings (SSSR count). The molecule has 170 valence electrons. The molecule has 7 heteroatoms. The average molecular weight is 440 g/mol. The fraction of sp³-hybridized carbons (Fsp3) is 0.500. The van der Waals surface area contributed by atoms with E-state index in [2.05, 4.69) is 6.92 Å². The maximum Gasteiger partial charge on any atom is 0.419 e. The Morgan fingerprint density at radius 1 is 1.03 bits per heavy atom. The van der Waals surface area contributed by atoms with Crippen molar-refractivity contribution in [2.24, 2.45) is 0 Å². The molecule has 0 radical (unpaired) electrons. The van der Waals surface area contributed by atoms with Crippen LogP contribution in [-0.4, -0.2) is 25.9 Å². The van der Waals surface area contributed by atoms with E-state index in [-0.39, 0.29) is 29.4 Å². The Kier molecular flexibility index (Phi) is 7.94. The molecule has 1 aliphatic heterocycles. The first-order chi connectivity index (χ1) is 14.8. The Balaban J connectivity index is 1.84. The number of rotatable bonds is 8. The second-order valence-electron chi connectivity index (χ2n) is 7.59. The van der Waals surface area contributed by atoms with Crippen LogP contribution in [0.1, 0.15) is 56.8 Å². The van der Waals surface area contributed by atoms with E-state index in [0.29, 0.717) is 31.8 Å². The van der Waals surface area contributed by atoms with Crippen molar-refractivity contribution in [3.8, 4) is 16.9 Å². The normalized spacial score (nSPS) is 19.4. The zero-order chi connectivity index (χ0) is 22.4. The van der Waals surface area contributed by atoms with E-state index in [9.17, 15) is 13.2 Å². The van der Waals surface area contributed by atoms with Crippen molar-refractivity contribution >= 4 is 0 Å². The molecule has 0 bridgehead atoms. The molecule has 31 heavy (non-hydrogen) atoms. The summed E-state index contributed by atoms with van der Waals surface area (Å²) in [4.78, 5) is 0. The van der Waals surface area contributed by atoms with Crippen LogP contribution >= 0.6 is 0 Å². The number of ether oxygens (including phenoxy) is 3. The van der Waals surface area contributed by atoms with E-state index >= 15 is 4.39 Å². The quantitative estimate of drug-likeness (QED) is 0.328. The van der Waals surface area contributed by atoms with Crippen molar-refractivity contribution in [1.29, 1.82) is 0 Å². The molecule has 1 fully saturated rings. The summed E-state index contributed by atoms with van der Waals surface area (Å²) in [5.74, 6) is -0.725. The second kappa shape index (κ2) is 10.5. The van der Waals surface area contributed by atoms with Crippen LogP contribution in [0, 0.1) is 5.82 Å². The second-order valence-corrected chi connectivity index (χ2v) is 7.59. The van der Waals surface area contributed by atoms with Crippen LogP contribution in [0.2, 0.25) is 0 Å². The van der Waals surface area contributed by atoms with E-state index in [1.54, 1.807) is 12.1 Å². The van der Waals surface area contributed by atoms with Gasteiger partial charge < -0.3 is 14.2 Å². The van der Waals surface area contributed by atoms with Gasteiger partial charge in [-0.3, -0.25) is 0 Å². The van der Waals surface area contributed by atoms with Crippen molar-refractivity contribution in [2.45, 2.75) is 57.9 Å². The van der Waals surface area contributed by atoms with Crippen molar-refractivity contribution in [3.05, 3.63) is 53.3 Å². The Hall–Kier alpha value is -2.12. The summed E-state index contributed by atoms with van der Waals surface area (Å²) >= 11 is 0. The molecule has 2 atom stereocenters. The van der Waals surface area contributed by atoms with Gasteiger partial charge in [0.05, 0.1) is 31.0 Å². The number of benzene rings is 2. The minimum Gasteiger partial charge on any atom is -0.494 e. The molecular formula is C24H28F4O3. The van der Waals surface area contributed by atoms with Gasteiger partial charge in [0, 0.05) is 12.2 Å². The average Bonchev–Trinajstić information content (AvgIpc) is 2.74. The van der Waals surface area contributed by atoms with Crippen LogP contribution in [0.25, 0.3) is 11.1 Å². The molecule has 0 saturated carbocycles. The summed E-state index contributed by atoms with van der Waals surface area (Å²) in [6.45, 7) is 5.20. The Morgan fingerprint density at radius 2 is 1.77 bits per heavy atom. The Labute approximate surface area is 180 Å². The molecule has 0 aliphatic carbocycles. The van der Waals surface area contributed by atoms with Crippen LogP contribution in [0.3, 0.4) is 0 Å². The van der Waals surface area contributed by atoms with E-state index in [1.165, 1.54) is 24.3 Å². The minimum absolute atomic E-state index is 0.0611. The highest BCUT2D eigenvalue weighted by Crippen LogP contribution is 2.43. The SMILES string of the molecule is CCCCOC1CCC(c2ccc(-c3ccc(OCC)cc3)c(C(F)(F)F)c2F)OC1. The molecule has 0 amide bonds. The summed E-state index contributed by atoms with van der Waals surface area (Å²) in [6.07, 6.45) is -2.67. The van der Waals surface area contributed by atoms with Gasteiger partial charge in [-0.05, 0) is 49.4 Å². The predicted molar refractivity (Wildman–Crippen MR) is 111 cm³/mol. The largest absolute Gasteiger partial charge is 0.494 e. The van der Waals surface area contributed by atoms with Crippen LogP contribution in [0.4, 0.5) is 17.6 Å². The van der Waals surface area contributed by atoms with Gasteiger partial charge in [-0.15, -0.1) is 0 Å². The van der Waals surface area contributed by atoms with Gasteiger partial charge in [0.25, 0.3) is 0 Å². The minimum atomic E-state index is -4.84. The fourth-order valence-corrected chi connectivity index (χ4v) is 3.75. The monoisotopic (exact) mass is 440 g/mol. The third kappa shape index (κ3) is 5.77. The molecule has 1 saturated heterocycles. The maximum absolute atomic E-state index is 15.2. The number of hydrogen-bond acceptors (Lipinski definition) is 3. The lowest BCUT2D eigenvalue weighted by Crippen LogP contribution is -2.28. The third-order valence-corrected chi connectivity index (χ3v) is 5.36. The summed E-state index contributed by atoms with van der Waals surface area (Å²) in [5, 5.41) is 0. The van der Waals surface area contributed by atoms with Gasteiger partial charge >= 0.3 is 6.18 Å². The lowest BCUT2D eigenvalue weighted by Gasteiger charge is -2.30. The molecule has 2 aromatic rings. The molecular weight excluding hydrogens is 412 g/mol. The standard InChI is InChI=1S/C24H28F4O3/c1-3-5-14-30-18-10-13-21(31-15-18)20-12-11-19(22(23(20)25)24(26,27)28)16-6-8-17(9-7-16)29-4-2/h6-9,11-12,18,21H,3-5,10,13-15H2,1-2H3. The Morgan fingerprint density at radius 3 is 2.35 bits per heavy atom. The topological polar surface area (TPSA) is 27.7 Å². The molecule has 1 aliphatic rings. The highest BCUT2D eigenvalue weighted by atomic mass is 19.4. The van der Waals surface area contributed by atoms with Crippen LogP contribution in [0.5, 0.6) is 5.75 Å². The number of hydrogen-bond donors (Lipinski definition) is 0. The van der Waals surface area contributed by atoms with Crippen LogP contribution < -0.4 is 4.74 Å². The van der Waals surface area contributed by atoms with Gasteiger partial charge in [0.15, 0.2) is 0 Å². The summed E-state index contributed by atoms with van der Waals surface area (Å²) < 4.78 is 73.5. The molecule has 3 nitrogen and oxygen atoms in total. The smallest absolute Gasteiger partial charge is 0.419 e. The highest BCUT2D eigenvalue weighted by molar-refractivity contribution is 5.69. The molecule has 0 N–H and O–H groups in total. The zero-order valence-corrected chi connectivity index (χ0v) is 17.8. The lowest BCUT2D eigenvalue weighted by molar-refractivity contribution is -0.139. The summed E-state index contributed by atoms with van der Waals surface area (Å²) in [7, 11) is 0. The first-order valence-electron chi connectivity index (χ1n) is 10.7. The first-order valence-corrected chi connectivity index (χ1v) is 10.7. The zero-order valence-electron chi connectivity index (χ0n) is 17.8. The van der Waals surface area contributed by atoms with Crippen molar-refractivity contribution in [3.63, 3.8) is 0 Å². The maximum atomic E-state index is 15.2. The first kappa shape index (κ1) is 23.5. The molecule has 1 heterocycles.